The van der Waals surface area contributed by atoms with Crippen LogP contribution in [0.5, 0.6) is 17.2 Å². The fraction of sp³-hybridized carbons (Fsp3) is 0.241. The van der Waals surface area contributed by atoms with E-state index in [9.17, 15) is 14.7 Å². The van der Waals surface area contributed by atoms with Crippen LogP contribution < -0.4 is 14.2 Å². The van der Waals surface area contributed by atoms with Gasteiger partial charge >= 0.3 is 0 Å². The lowest BCUT2D eigenvalue weighted by molar-refractivity contribution is -0.140. The highest BCUT2D eigenvalue weighted by atomic mass is 16.5. The van der Waals surface area contributed by atoms with Crippen molar-refractivity contribution in [1.29, 1.82) is 0 Å². The summed E-state index contributed by atoms with van der Waals surface area (Å²) in [5.74, 6) is 0.345. The molecule has 0 spiro atoms. The molecule has 3 aromatic rings. The van der Waals surface area contributed by atoms with Crippen molar-refractivity contribution in [3.8, 4) is 17.2 Å². The van der Waals surface area contributed by atoms with Crippen molar-refractivity contribution in [3.63, 3.8) is 0 Å². The molecule has 4 rings (SSSR count). The molecule has 1 unspecified atom stereocenters. The van der Waals surface area contributed by atoms with E-state index in [2.05, 4.69) is 0 Å². The van der Waals surface area contributed by atoms with Gasteiger partial charge in [-0.15, -0.1) is 0 Å². The Balaban J connectivity index is 1.83. The van der Waals surface area contributed by atoms with Gasteiger partial charge < -0.3 is 24.2 Å². The number of nitrogens with zero attached hydrogens (tertiary/aromatic N) is 1. The Morgan fingerprint density at radius 2 is 1.69 bits per heavy atom. The largest absolute Gasteiger partial charge is 0.507 e. The minimum atomic E-state index is -0.783. The molecule has 0 radical (unpaired) electrons. The summed E-state index contributed by atoms with van der Waals surface area (Å²) in [5.41, 5.74) is 2.76. The normalized spacial score (nSPS) is 16.8. The molecule has 1 atom stereocenters. The fourth-order valence-electron chi connectivity index (χ4n) is 4.45. The van der Waals surface area contributed by atoms with Gasteiger partial charge in [0, 0.05) is 12.1 Å². The van der Waals surface area contributed by atoms with Crippen LogP contribution in [0.1, 0.15) is 35.2 Å². The molecule has 36 heavy (non-hydrogen) atoms. The van der Waals surface area contributed by atoms with E-state index in [1.54, 1.807) is 56.7 Å². The number of Topliss-reactive ketones (excluding diaryl/α,β-unsaturated/α-hetero) is 1. The number of hydrogen-bond acceptors (Lipinski definition) is 6. The zero-order chi connectivity index (χ0) is 25.8. The Labute approximate surface area is 210 Å². The lowest BCUT2D eigenvalue weighted by Crippen LogP contribution is -2.29. The van der Waals surface area contributed by atoms with Gasteiger partial charge in [-0.25, -0.2) is 0 Å². The third-order valence-corrected chi connectivity index (χ3v) is 6.20. The van der Waals surface area contributed by atoms with Crippen LogP contribution in [0.2, 0.25) is 0 Å². The number of aliphatic hydroxyl groups is 1. The van der Waals surface area contributed by atoms with Crippen LogP contribution in [-0.4, -0.2) is 42.5 Å². The van der Waals surface area contributed by atoms with Crippen LogP contribution >= 0.6 is 0 Å². The average Bonchev–Trinajstić information content (AvgIpc) is 3.13. The topological polar surface area (TPSA) is 85.3 Å². The molecule has 0 bridgehead atoms. The van der Waals surface area contributed by atoms with Gasteiger partial charge in [0.1, 0.15) is 23.0 Å². The Bertz CT molecular complexity index is 1310. The van der Waals surface area contributed by atoms with E-state index in [0.717, 1.165) is 11.1 Å². The van der Waals surface area contributed by atoms with Gasteiger partial charge in [-0.2, -0.15) is 0 Å². The molecule has 1 aliphatic rings. The number of carbonyl (C=O) groups excluding carboxylic acids is 2. The van der Waals surface area contributed by atoms with E-state index in [1.807, 2.05) is 38.1 Å². The van der Waals surface area contributed by atoms with Crippen LogP contribution in [-0.2, 0) is 16.1 Å². The first-order valence-electron chi connectivity index (χ1n) is 11.7. The zero-order valence-corrected chi connectivity index (χ0v) is 20.8. The molecule has 7 nitrogen and oxygen atoms in total. The molecule has 1 fully saturated rings. The van der Waals surface area contributed by atoms with Crippen LogP contribution in [0, 0.1) is 6.92 Å². The van der Waals surface area contributed by atoms with E-state index in [4.69, 9.17) is 14.2 Å². The van der Waals surface area contributed by atoms with Crippen LogP contribution in [0.4, 0.5) is 0 Å². The quantitative estimate of drug-likeness (QED) is 0.272. The van der Waals surface area contributed by atoms with Gasteiger partial charge in [-0.3, -0.25) is 9.59 Å². The molecule has 3 aromatic carbocycles. The molecule has 0 aliphatic carbocycles. The van der Waals surface area contributed by atoms with Gasteiger partial charge in [-0.1, -0.05) is 24.3 Å². The van der Waals surface area contributed by atoms with E-state index < -0.39 is 17.7 Å². The van der Waals surface area contributed by atoms with Crippen molar-refractivity contribution in [2.75, 3.05) is 20.8 Å². The van der Waals surface area contributed by atoms with E-state index in [1.165, 1.54) is 4.90 Å². The van der Waals surface area contributed by atoms with Gasteiger partial charge in [0.05, 0.1) is 32.4 Å². The Kier molecular flexibility index (Phi) is 7.29. The second-order valence-electron chi connectivity index (χ2n) is 8.46. The van der Waals surface area contributed by atoms with Gasteiger partial charge in [0.15, 0.2) is 0 Å². The van der Waals surface area contributed by atoms with Crippen molar-refractivity contribution in [2.24, 2.45) is 0 Å². The molecule has 1 amide bonds. The molecular weight excluding hydrogens is 458 g/mol. The SMILES string of the molecule is CCOc1cccc(CN2C(=O)C(=O)/C(=C(\O)c3ccc(OC)c(C)c3)C2c2ccc(OC)cc2)c1. The number of likely N-dealkylation sites (tertiary alicyclic amines) is 1. The van der Waals surface area contributed by atoms with Crippen molar-refractivity contribution < 1.29 is 28.9 Å². The van der Waals surface area contributed by atoms with E-state index in [-0.39, 0.29) is 17.9 Å². The number of ether oxygens (including phenoxy) is 3. The van der Waals surface area contributed by atoms with Crippen molar-refractivity contribution in [2.45, 2.75) is 26.4 Å². The van der Waals surface area contributed by atoms with Gasteiger partial charge in [0.2, 0.25) is 0 Å². The number of methoxy groups -OCH3 is 2. The molecule has 0 saturated carbocycles. The maximum atomic E-state index is 13.3. The summed E-state index contributed by atoms with van der Waals surface area (Å²) in [5, 5.41) is 11.3. The summed E-state index contributed by atoms with van der Waals surface area (Å²) in [7, 11) is 3.14. The highest BCUT2D eigenvalue weighted by Gasteiger charge is 2.46. The second-order valence-corrected chi connectivity index (χ2v) is 8.46. The third kappa shape index (κ3) is 4.77. The van der Waals surface area contributed by atoms with Crippen LogP contribution in [0.25, 0.3) is 5.76 Å². The van der Waals surface area contributed by atoms with Crippen LogP contribution in [0.15, 0.2) is 72.3 Å². The molecule has 0 aromatic heterocycles. The average molecular weight is 488 g/mol. The first-order chi connectivity index (χ1) is 17.4. The van der Waals surface area contributed by atoms with Crippen LogP contribution in [0.3, 0.4) is 0 Å². The standard InChI is InChI=1S/C29H29NO6/c1-5-36-23-8-6-7-19(16-23)17-30-26(20-9-12-22(34-3)13-10-20)25(28(32)29(30)33)27(31)21-11-14-24(35-4)18(2)15-21/h6-16,26,31H,5,17H2,1-4H3/b27-25-. The number of carbonyl (C=O) groups is 2. The summed E-state index contributed by atoms with van der Waals surface area (Å²) in [4.78, 5) is 28.1. The highest BCUT2D eigenvalue weighted by Crippen LogP contribution is 2.41. The number of aryl methyl sites for hydroxylation is 1. The number of hydrogen-bond donors (Lipinski definition) is 1. The predicted molar refractivity (Wildman–Crippen MR) is 136 cm³/mol. The third-order valence-electron chi connectivity index (χ3n) is 6.20. The maximum absolute atomic E-state index is 13.3. The lowest BCUT2D eigenvalue weighted by Gasteiger charge is -2.26. The first kappa shape index (κ1) is 24.9. The van der Waals surface area contributed by atoms with E-state index >= 15 is 0 Å². The van der Waals surface area contributed by atoms with Crippen molar-refractivity contribution in [1.82, 2.24) is 4.90 Å². The summed E-state index contributed by atoms with van der Waals surface area (Å²) < 4.78 is 16.2. The molecule has 1 heterocycles. The molecule has 1 N–H and O–H groups in total. The minimum Gasteiger partial charge on any atom is -0.507 e. The number of benzene rings is 3. The summed E-state index contributed by atoms with van der Waals surface area (Å²) in [6, 6.07) is 18.9. The van der Waals surface area contributed by atoms with Gasteiger partial charge in [-0.05, 0) is 73.0 Å². The number of ketones is 1. The smallest absolute Gasteiger partial charge is 0.295 e. The summed E-state index contributed by atoms with van der Waals surface area (Å²) in [6.45, 7) is 4.43. The van der Waals surface area contributed by atoms with Crippen molar-refractivity contribution in [3.05, 3.63) is 94.6 Å². The summed E-state index contributed by atoms with van der Waals surface area (Å²) >= 11 is 0. The highest BCUT2D eigenvalue weighted by molar-refractivity contribution is 6.46. The molecule has 1 saturated heterocycles. The zero-order valence-electron chi connectivity index (χ0n) is 20.8. The van der Waals surface area contributed by atoms with Crippen molar-refractivity contribution >= 4 is 17.4 Å². The number of amides is 1. The lowest BCUT2D eigenvalue weighted by atomic mass is 9.94. The predicted octanol–water partition coefficient (Wildman–Crippen LogP) is 5.03. The molecule has 7 heteroatoms. The first-order valence-corrected chi connectivity index (χ1v) is 11.7. The maximum Gasteiger partial charge on any atom is 0.295 e. The fourth-order valence-corrected chi connectivity index (χ4v) is 4.45. The molecule has 1 aliphatic heterocycles. The number of aliphatic hydroxyl groups excluding tert-OH is 1. The number of rotatable bonds is 8. The monoisotopic (exact) mass is 487 g/mol. The Morgan fingerprint density at radius 3 is 2.33 bits per heavy atom. The van der Waals surface area contributed by atoms with Gasteiger partial charge in [0.25, 0.3) is 11.7 Å². The van der Waals surface area contributed by atoms with E-state index in [0.29, 0.717) is 35.0 Å². The molecule has 186 valence electrons. The minimum absolute atomic E-state index is 0.0377. The Hall–Kier alpha value is -4.26. The summed E-state index contributed by atoms with van der Waals surface area (Å²) in [6.07, 6.45) is 0. The molecular formula is C29H29NO6. The Morgan fingerprint density at radius 1 is 0.944 bits per heavy atom. The second kappa shape index (κ2) is 10.6.